The van der Waals surface area contributed by atoms with Crippen LogP contribution in [0.5, 0.6) is 0 Å². The molecule has 0 amide bonds. The second-order valence-corrected chi connectivity index (χ2v) is 11.0. The molecule has 0 atom stereocenters. The highest BCUT2D eigenvalue weighted by Gasteiger charge is 2.35. The van der Waals surface area contributed by atoms with Gasteiger partial charge in [0.25, 0.3) is 0 Å². The van der Waals surface area contributed by atoms with Gasteiger partial charge in [-0.15, -0.1) is 12.4 Å². The number of nitrogens with zero attached hydrogens (tertiary/aromatic N) is 1. The molecule has 1 aliphatic heterocycles. The van der Waals surface area contributed by atoms with Gasteiger partial charge in [-0.2, -0.15) is 13.2 Å². The van der Waals surface area contributed by atoms with Crippen LogP contribution < -0.4 is 0 Å². The first-order valence-electron chi connectivity index (χ1n) is 13.8. The Morgan fingerprint density at radius 2 is 1.68 bits per heavy atom. The predicted octanol–water partition coefficient (Wildman–Crippen LogP) is 8.26. The van der Waals surface area contributed by atoms with Crippen molar-refractivity contribution in [3.63, 3.8) is 0 Å². The van der Waals surface area contributed by atoms with Crippen LogP contribution in [-0.2, 0) is 19.0 Å². The lowest BCUT2D eigenvalue weighted by Crippen LogP contribution is -2.47. The van der Waals surface area contributed by atoms with Crippen LogP contribution in [0.15, 0.2) is 60.7 Å². The first kappa shape index (κ1) is 30.8. The smallest absolute Gasteiger partial charge is 0.417 e. The van der Waals surface area contributed by atoms with Crippen LogP contribution in [0.3, 0.4) is 0 Å². The predicted molar refractivity (Wildman–Crippen MR) is 156 cm³/mol. The monoisotopic (exact) mass is 587 g/mol. The number of allylic oxidation sites excluding steroid dienone is 1. The number of halogens is 5. The summed E-state index contributed by atoms with van der Waals surface area (Å²) in [6.45, 7) is 4.04. The van der Waals surface area contributed by atoms with E-state index >= 15 is 0 Å². The lowest BCUT2D eigenvalue weighted by molar-refractivity contribution is -0.137. The van der Waals surface area contributed by atoms with Crippen molar-refractivity contribution < 1.29 is 27.5 Å². The SMILES string of the molecule is Cc1ccc(C2=C(c3ccc(CC4CN(CCCF)C4)cc3)c3ccc(C(=O)O)cc3CCC2)c(C(F)(F)F)c1.Cl. The number of aromatic carboxylic acids is 1. The first-order valence-corrected chi connectivity index (χ1v) is 13.8. The quantitative estimate of drug-likeness (QED) is 0.270. The second kappa shape index (κ2) is 12.8. The average Bonchev–Trinajstić information content (AvgIpc) is 3.09. The van der Waals surface area contributed by atoms with Crippen molar-refractivity contribution >= 4 is 29.5 Å². The largest absolute Gasteiger partial charge is 0.478 e. The number of hydrogen-bond donors (Lipinski definition) is 1. The van der Waals surface area contributed by atoms with Crippen molar-refractivity contribution in [2.24, 2.45) is 5.92 Å². The summed E-state index contributed by atoms with van der Waals surface area (Å²) >= 11 is 0. The Balaban J connectivity index is 0.00000387. The third-order valence-corrected chi connectivity index (χ3v) is 8.01. The molecule has 218 valence electrons. The van der Waals surface area contributed by atoms with E-state index in [1.807, 2.05) is 24.3 Å². The highest BCUT2D eigenvalue weighted by atomic mass is 35.5. The van der Waals surface area contributed by atoms with Crippen LogP contribution in [0.2, 0.25) is 0 Å². The van der Waals surface area contributed by atoms with Crippen LogP contribution in [-0.4, -0.2) is 42.3 Å². The molecule has 0 unspecified atom stereocenters. The molecule has 1 heterocycles. The standard InChI is InChI=1S/C33H33F4NO2.ClH/c1-21-6-12-28(30(16-21)33(35,36)37)29-5-2-4-25-18-26(32(39)40)11-13-27(25)31(29)24-9-7-22(8-10-24)17-23-19-38(20-23)15-3-14-34;/h6-13,16,18,23H,2-5,14-15,17,19-20H2,1H3,(H,39,40);1H. The molecule has 1 N–H and O–H groups in total. The van der Waals surface area contributed by atoms with Gasteiger partial charge in [0.1, 0.15) is 0 Å². The van der Waals surface area contributed by atoms with E-state index in [1.54, 1.807) is 31.2 Å². The fraction of sp³-hybridized carbons (Fsp3) is 0.364. The van der Waals surface area contributed by atoms with E-state index in [4.69, 9.17) is 0 Å². The van der Waals surface area contributed by atoms with Crippen molar-refractivity contribution in [1.29, 1.82) is 0 Å². The van der Waals surface area contributed by atoms with E-state index in [2.05, 4.69) is 4.90 Å². The Labute approximate surface area is 244 Å². The molecular formula is C33H34ClF4NO2. The van der Waals surface area contributed by atoms with Gasteiger partial charge >= 0.3 is 12.1 Å². The Kier molecular flexibility index (Phi) is 9.60. The number of likely N-dealkylation sites (tertiary alicyclic amines) is 1. The summed E-state index contributed by atoms with van der Waals surface area (Å²) < 4.78 is 55.2. The average molecular weight is 588 g/mol. The Morgan fingerprint density at radius 1 is 0.976 bits per heavy atom. The zero-order valence-electron chi connectivity index (χ0n) is 22.9. The molecule has 0 bridgehead atoms. The third kappa shape index (κ3) is 6.84. The number of alkyl halides is 4. The van der Waals surface area contributed by atoms with Crippen molar-refractivity contribution in [3.8, 4) is 0 Å². The normalized spacial score (nSPS) is 16.0. The number of carboxylic acids is 1. The number of rotatable bonds is 8. The Morgan fingerprint density at radius 3 is 2.34 bits per heavy atom. The Bertz CT molecular complexity index is 1430. The van der Waals surface area contributed by atoms with E-state index in [9.17, 15) is 27.5 Å². The molecule has 2 aliphatic rings. The maximum absolute atomic E-state index is 14.3. The molecular weight excluding hydrogens is 554 g/mol. The van der Waals surface area contributed by atoms with Gasteiger partial charge < -0.3 is 10.0 Å². The topological polar surface area (TPSA) is 40.5 Å². The fourth-order valence-electron chi connectivity index (χ4n) is 6.09. The minimum absolute atomic E-state index is 0. The molecule has 3 aromatic carbocycles. The maximum Gasteiger partial charge on any atom is 0.417 e. The van der Waals surface area contributed by atoms with Gasteiger partial charge in [-0.05, 0) is 102 Å². The number of hydrogen-bond acceptors (Lipinski definition) is 2. The van der Waals surface area contributed by atoms with Crippen LogP contribution in [0.25, 0.3) is 11.1 Å². The van der Waals surface area contributed by atoms with Gasteiger partial charge in [0.05, 0.1) is 17.8 Å². The zero-order valence-corrected chi connectivity index (χ0v) is 23.8. The van der Waals surface area contributed by atoms with E-state index in [1.165, 1.54) is 12.1 Å². The molecule has 1 saturated heterocycles. The third-order valence-electron chi connectivity index (χ3n) is 8.01. The molecule has 5 rings (SSSR count). The minimum Gasteiger partial charge on any atom is -0.478 e. The lowest BCUT2D eigenvalue weighted by Gasteiger charge is -2.39. The van der Waals surface area contributed by atoms with Crippen molar-refractivity contribution in [1.82, 2.24) is 4.90 Å². The summed E-state index contributed by atoms with van der Waals surface area (Å²) in [5, 5.41) is 9.55. The van der Waals surface area contributed by atoms with E-state index in [0.29, 0.717) is 42.7 Å². The summed E-state index contributed by atoms with van der Waals surface area (Å²) in [5.74, 6) is -0.519. The molecule has 0 aromatic heterocycles. The second-order valence-electron chi connectivity index (χ2n) is 11.0. The highest BCUT2D eigenvalue weighted by Crippen LogP contribution is 2.44. The van der Waals surface area contributed by atoms with Gasteiger partial charge in [0.2, 0.25) is 0 Å². The summed E-state index contributed by atoms with van der Waals surface area (Å²) in [6, 6.07) is 17.5. The number of aryl methyl sites for hydroxylation is 2. The summed E-state index contributed by atoms with van der Waals surface area (Å²) in [7, 11) is 0. The van der Waals surface area contributed by atoms with Crippen LogP contribution in [0.4, 0.5) is 17.6 Å². The summed E-state index contributed by atoms with van der Waals surface area (Å²) in [4.78, 5) is 13.9. The fourth-order valence-corrected chi connectivity index (χ4v) is 6.09. The van der Waals surface area contributed by atoms with E-state index in [0.717, 1.165) is 53.9 Å². The highest BCUT2D eigenvalue weighted by molar-refractivity contribution is 6.01. The van der Waals surface area contributed by atoms with Gasteiger partial charge in [-0.3, -0.25) is 4.39 Å². The van der Waals surface area contributed by atoms with E-state index in [-0.39, 0.29) is 30.2 Å². The number of carboxylic acid groups (broad SMARTS) is 1. The van der Waals surface area contributed by atoms with Gasteiger partial charge in [-0.1, -0.05) is 48.0 Å². The molecule has 1 fully saturated rings. The number of fused-ring (bicyclic) bond motifs is 1. The van der Waals surface area contributed by atoms with Crippen molar-refractivity contribution in [3.05, 3.63) is 105 Å². The zero-order chi connectivity index (χ0) is 28.4. The van der Waals surface area contributed by atoms with Gasteiger partial charge in [-0.25, -0.2) is 4.79 Å². The molecule has 0 spiro atoms. The van der Waals surface area contributed by atoms with Crippen LogP contribution in [0.1, 0.15) is 68.6 Å². The molecule has 3 nitrogen and oxygen atoms in total. The van der Waals surface area contributed by atoms with E-state index < -0.39 is 17.7 Å². The Hall–Kier alpha value is -3.16. The molecule has 0 saturated carbocycles. The molecule has 0 radical (unpaired) electrons. The molecule has 8 heteroatoms. The molecule has 1 aliphatic carbocycles. The summed E-state index contributed by atoms with van der Waals surface area (Å²) in [5.41, 5.74) is 5.18. The lowest BCUT2D eigenvalue weighted by atomic mass is 9.84. The van der Waals surface area contributed by atoms with Crippen molar-refractivity contribution in [2.45, 2.75) is 45.2 Å². The minimum atomic E-state index is -4.51. The van der Waals surface area contributed by atoms with Crippen molar-refractivity contribution in [2.75, 3.05) is 26.3 Å². The molecule has 3 aromatic rings. The van der Waals surface area contributed by atoms with Crippen LogP contribution >= 0.6 is 12.4 Å². The number of benzene rings is 3. The first-order chi connectivity index (χ1) is 19.1. The van der Waals surface area contributed by atoms with Crippen LogP contribution in [0, 0.1) is 12.8 Å². The summed E-state index contributed by atoms with van der Waals surface area (Å²) in [6.07, 6.45) is -1.42. The van der Waals surface area contributed by atoms with Gasteiger partial charge in [0, 0.05) is 19.6 Å². The maximum atomic E-state index is 14.3. The van der Waals surface area contributed by atoms with Gasteiger partial charge in [0.15, 0.2) is 0 Å². The molecule has 41 heavy (non-hydrogen) atoms. The number of carbonyl (C=O) groups is 1.